The molecule has 0 aromatic heterocycles. The summed E-state index contributed by atoms with van der Waals surface area (Å²) in [6.07, 6.45) is 10.5. The number of methoxy groups -OCH3 is 1. The maximum atomic E-state index is 10.4. The van der Waals surface area contributed by atoms with Gasteiger partial charge in [-0.3, -0.25) is 4.79 Å². The molecule has 2 aromatic rings. The molecule has 0 saturated carbocycles. The van der Waals surface area contributed by atoms with Crippen molar-refractivity contribution < 1.29 is 19.0 Å². The summed E-state index contributed by atoms with van der Waals surface area (Å²) in [4.78, 5) is 13.0. The molecule has 3 rings (SSSR count). The minimum atomic E-state index is -0.362. The summed E-state index contributed by atoms with van der Waals surface area (Å²) in [7, 11) is 1.60. The maximum absolute atomic E-state index is 10.4. The zero-order chi connectivity index (χ0) is 25.1. The molecule has 194 valence electrons. The van der Waals surface area contributed by atoms with Crippen molar-refractivity contribution in [2.45, 2.75) is 64.7 Å². The zero-order valence-electron chi connectivity index (χ0n) is 21.7. The fourth-order valence-electron chi connectivity index (χ4n) is 3.93. The Bertz CT molecular complexity index is 802. The van der Waals surface area contributed by atoms with Crippen LogP contribution in [0.5, 0.6) is 17.2 Å². The van der Waals surface area contributed by atoms with E-state index in [-0.39, 0.29) is 12.3 Å². The number of aryl methyl sites for hydroxylation is 1. The van der Waals surface area contributed by atoms with Crippen LogP contribution in [0.1, 0.15) is 63.9 Å². The van der Waals surface area contributed by atoms with Crippen LogP contribution in [0.3, 0.4) is 0 Å². The number of amides is 1. The normalized spacial score (nSPS) is 13.1. The largest absolute Gasteiger partial charge is 0.497 e. The van der Waals surface area contributed by atoms with Gasteiger partial charge in [-0.25, -0.2) is 0 Å². The van der Waals surface area contributed by atoms with Crippen molar-refractivity contribution in [3.8, 4) is 17.2 Å². The Morgan fingerprint density at radius 2 is 1.43 bits per heavy atom. The SMILES string of the molecule is CCCCCCOc1ccc(CCCN2CCCC2)cc1.COc1ccc(OCCC(N)=O)cc1. The molecule has 1 heterocycles. The molecule has 0 atom stereocenters. The molecule has 0 radical (unpaired) electrons. The standard InChI is InChI=1S/C19H31NO.C10H13NO3/c1-2-3-4-7-17-21-19-12-10-18(11-13-19)9-8-16-20-14-5-6-15-20;1-13-8-2-4-9(5-3-8)14-7-6-10(11)12/h10-13H,2-9,14-17H2,1H3;2-5H,6-7H2,1H3,(H2,11,12). The summed E-state index contributed by atoms with van der Waals surface area (Å²) in [5, 5.41) is 0. The van der Waals surface area contributed by atoms with Crippen LogP contribution in [0.4, 0.5) is 0 Å². The maximum Gasteiger partial charge on any atom is 0.220 e. The van der Waals surface area contributed by atoms with Gasteiger partial charge in [0.1, 0.15) is 17.2 Å². The molecular weight excluding hydrogens is 440 g/mol. The third kappa shape index (κ3) is 13.1. The molecule has 1 aliphatic heterocycles. The third-order valence-electron chi connectivity index (χ3n) is 6.01. The van der Waals surface area contributed by atoms with Gasteiger partial charge in [0, 0.05) is 0 Å². The van der Waals surface area contributed by atoms with Gasteiger partial charge in [0.25, 0.3) is 0 Å². The molecule has 0 aliphatic carbocycles. The number of hydrogen-bond donors (Lipinski definition) is 1. The molecule has 1 saturated heterocycles. The van der Waals surface area contributed by atoms with Crippen molar-refractivity contribution in [1.29, 1.82) is 0 Å². The van der Waals surface area contributed by atoms with Crippen LogP contribution < -0.4 is 19.9 Å². The van der Waals surface area contributed by atoms with Gasteiger partial charge in [-0.15, -0.1) is 0 Å². The lowest BCUT2D eigenvalue weighted by Gasteiger charge is -2.14. The Kier molecular flexibility index (Phi) is 14.4. The Balaban J connectivity index is 0.000000269. The number of benzene rings is 2. The highest BCUT2D eigenvalue weighted by Gasteiger charge is 2.10. The first-order valence-corrected chi connectivity index (χ1v) is 13.1. The molecule has 0 bridgehead atoms. The second kappa shape index (κ2) is 17.7. The smallest absolute Gasteiger partial charge is 0.220 e. The van der Waals surface area contributed by atoms with Crippen molar-refractivity contribution in [3.05, 3.63) is 54.1 Å². The third-order valence-corrected chi connectivity index (χ3v) is 6.01. The molecule has 0 unspecified atom stereocenters. The van der Waals surface area contributed by atoms with Crippen LogP contribution >= 0.6 is 0 Å². The summed E-state index contributed by atoms with van der Waals surface area (Å²) < 4.78 is 16.0. The van der Waals surface area contributed by atoms with E-state index in [1.165, 1.54) is 76.6 Å². The molecule has 6 nitrogen and oxygen atoms in total. The predicted molar refractivity (Wildman–Crippen MR) is 142 cm³/mol. The molecule has 2 N–H and O–H groups in total. The van der Waals surface area contributed by atoms with Crippen LogP contribution in [0, 0.1) is 0 Å². The Labute approximate surface area is 211 Å². The number of hydrogen-bond acceptors (Lipinski definition) is 5. The number of unbranched alkanes of at least 4 members (excludes halogenated alkanes) is 3. The number of primary amides is 1. The van der Waals surface area contributed by atoms with Crippen LogP contribution in [-0.2, 0) is 11.2 Å². The quantitative estimate of drug-likeness (QED) is 0.332. The molecule has 0 spiro atoms. The first-order chi connectivity index (χ1) is 17.1. The van der Waals surface area contributed by atoms with E-state index >= 15 is 0 Å². The Hall–Kier alpha value is -2.73. The lowest BCUT2D eigenvalue weighted by atomic mass is 10.1. The van der Waals surface area contributed by atoms with Crippen molar-refractivity contribution in [2.75, 3.05) is 40.0 Å². The Morgan fingerprint density at radius 3 is 2.03 bits per heavy atom. The summed E-state index contributed by atoms with van der Waals surface area (Å²) >= 11 is 0. The molecule has 2 aromatic carbocycles. The van der Waals surface area contributed by atoms with Gasteiger partial charge in [0.15, 0.2) is 0 Å². The number of rotatable bonds is 15. The molecule has 1 aliphatic rings. The van der Waals surface area contributed by atoms with Crippen molar-refractivity contribution in [2.24, 2.45) is 5.73 Å². The van der Waals surface area contributed by atoms with E-state index in [1.807, 2.05) is 0 Å². The molecule has 1 amide bonds. The minimum absolute atomic E-state index is 0.228. The molecular formula is C29H44N2O4. The highest BCUT2D eigenvalue weighted by molar-refractivity contribution is 5.73. The highest BCUT2D eigenvalue weighted by Crippen LogP contribution is 2.17. The van der Waals surface area contributed by atoms with Crippen molar-refractivity contribution >= 4 is 5.91 Å². The topological polar surface area (TPSA) is 74.0 Å². The summed E-state index contributed by atoms with van der Waals surface area (Å²) in [5.41, 5.74) is 6.40. The number of nitrogens with two attached hydrogens (primary N) is 1. The monoisotopic (exact) mass is 484 g/mol. The van der Waals surface area contributed by atoms with Gasteiger partial charge >= 0.3 is 0 Å². The van der Waals surface area contributed by atoms with Crippen LogP contribution in [0.15, 0.2) is 48.5 Å². The average Bonchev–Trinajstić information content (AvgIpc) is 3.39. The van der Waals surface area contributed by atoms with Gasteiger partial charge < -0.3 is 24.8 Å². The van der Waals surface area contributed by atoms with Gasteiger partial charge in [-0.05, 0) is 93.7 Å². The van der Waals surface area contributed by atoms with E-state index in [9.17, 15) is 4.79 Å². The first kappa shape index (κ1) is 28.5. The number of carbonyl (C=O) groups excluding carboxylic acids is 1. The van der Waals surface area contributed by atoms with E-state index in [1.54, 1.807) is 31.4 Å². The van der Waals surface area contributed by atoms with Gasteiger partial charge in [-0.1, -0.05) is 38.3 Å². The summed E-state index contributed by atoms with van der Waals surface area (Å²) in [6, 6.07) is 15.9. The van der Waals surface area contributed by atoms with Gasteiger partial charge in [0.05, 0.1) is 26.7 Å². The number of nitrogens with zero attached hydrogens (tertiary/aromatic N) is 1. The van der Waals surface area contributed by atoms with E-state index in [2.05, 4.69) is 36.1 Å². The van der Waals surface area contributed by atoms with E-state index in [0.29, 0.717) is 12.4 Å². The molecule has 35 heavy (non-hydrogen) atoms. The number of ether oxygens (including phenoxy) is 3. The van der Waals surface area contributed by atoms with Gasteiger partial charge in [0.2, 0.25) is 5.91 Å². The predicted octanol–water partition coefficient (Wildman–Crippen LogP) is 5.62. The highest BCUT2D eigenvalue weighted by atomic mass is 16.5. The summed E-state index contributed by atoms with van der Waals surface area (Å²) in [5.74, 6) is 2.13. The van der Waals surface area contributed by atoms with Crippen LogP contribution in [0.2, 0.25) is 0 Å². The van der Waals surface area contributed by atoms with Crippen molar-refractivity contribution in [3.63, 3.8) is 0 Å². The van der Waals surface area contributed by atoms with E-state index in [0.717, 1.165) is 18.1 Å². The van der Waals surface area contributed by atoms with Gasteiger partial charge in [-0.2, -0.15) is 0 Å². The zero-order valence-corrected chi connectivity index (χ0v) is 21.7. The molecule has 6 heteroatoms. The lowest BCUT2D eigenvalue weighted by molar-refractivity contribution is -0.118. The van der Waals surface area contributed by atoms with Crippen molar-refractivity contribution in [1.82, 2.24) is 4.90 Å². The van der Waals surface area contributed by atoms with E-state index in [4.69, 9.17) is 19.9 Å². The fourth-order valence-corrected chi connectivity index (χ4v) is 3.93. The molecule has 1 fully saturated rings. The van der Waals surface area contributed by atoms with Crippen LogP contribution in [0.25, 0.3) is 0 Å². The number of likely N-dealkylation sites (tertiary alicyclic amines) is 1. The minimum Gasteiger partial charge on any atom is -0.497 e. The second-order valence-electron chi connectivity index (χ2n) is 8.95. The lowest BCUT2D eigenvalue weighted by Crippen LogP contribution is -2.20. The van der Waals surface area contributed by atoms with Crippen LogP contribution in [-0.4, -0.2) is 50.8 Å². The number of carbonyl (C=O) groups is 1. The Morgan fingerprint density at radius 1 is 0.829 bits per heavy atom. The fraction of sp³-hybridized carbons (Fsp3) is 0.552. The van der Waals surface area contributed by atoms with E-state index < -0.39 is 0 Å². The average molecular weight is 485 g/mol. The first-order valence-electron chi connectivity index (χ1n) is 13.1. The second-order valence-corrected chi connectivity index (χ2v) is 8.95. The summed E-state index contributed by atoms with van der Waals surface area (Å²) in [6.45, 7) is 7.28.